The monoisotopic (exact) mass is 291 g/mol. The van der Waals surface area contributed by atoms with E-state index in [9.17, 15) is 18.7 Å². The largest absolute Gasteiger partial charge is 0.507 e. The van der Waals surface area contributed by atoms with Crippen LogP contribution in [-0.4, -0.2) is 17.6 Å². The molecule has 0 spiro atoms. The quantitative estimate of drug-likeness (QED) is 0.910. The third kappa shape index (κ3) is 4.02. The van der Waals surface area contributed by atoms with E-state index in [1.165, 1.54) is 24.3 Å². The zero-order valence-corrected chi connectivity index (χ0v) is 11.5. The fourth-order valence-electron chi connectivity index (χ4n) is 2.00. The first kappa shape index (κ1) is 15.0. The van der Waals surface area contributed by atoms with Crippen LogP contribution < -0.4 is 5.32 Å². The molecule has 0 radical (unpaired) electrons. The Morgan fingerprint density at radius 1 is 1.14 bits per heavy atom. The average Bonchev–Trinajstić information content (AvgIpc) is 2.37. The maximum absolute atomic E-state index is 13.0. The van der Waals surface area contributed by atoms with Crippen LogP contribution in [0.15, 0.2) is 36.4 Å². The minimum absolute atomic E-state index is 0.0932. The second-order valence-corrected chi connectivity index (χ2v) is 4.80. The highest BCUT2D eigenvalue weighted by Gasteiger charge is 2.10. The lowest BCUT2D eigenvalue weighted by atomic mass is 10.1. The molecule has 5 heteroatoms. The Hall–Kier alpha value is -2.43. The van der Waals surface area contributed by atoms with Gasteiger partial charge in [-0.3, -0.25) is 4.79 Å². The van der Waals surface area contributed by atoms with E-state index in [4.69, 9.17) is 0 Å². The molecule has 0 aliphatic heterocycles. The minimum atomic E-state index is -0.646. The molecule has 2 aromatic rings. The number of phenolic OH excluding ortho intramolecular Hbond substituents is 1. The molecule has 0 fully saturated rings. The van der Waals surface area contributed by atoms with E-state index in [0.29, 0.717) is 12.0 Å². The number of hydrogen-bond donors (Lipinski definition) is 2. The van der Waals surface area contributed by atoms with Crippen LogP contribution >= 0.6 is 0 Å². The van der Waals surface area contributed by atoms with Gasteiger partial charge in [0.05, 0.1) is 5.56 Å². The number of carbonyl (C=O) groups excluding carboxylic acids is 1. The van der Waals surface area contributed by atoms with Crippen molar-refractivity contribution in [1.82, 2.24) is 5.32 Å². The van der Waals surface area contributed by atoms with Crippen molar-refractivity contribution < 1.29 is 18.7 Å². The summed E-state index contributed by atoms with van der Waals surface area (Å²) in [5.41, 5.74) is 1.48. The molecule has 3 nitrogen and oxygen atoms in total. The molecule has 2 N–H and O–H groups in total. The van der Waals surface area contributed by atoms with Crippen LogP contribution in [0.25, 0.3) is 0 Å². The maximum Gasteiger partial charge on any atom is 0.255 e. The summed E-state index contributed by atoms with van der Waals surface area (Å²) >= 11 is 0. The molecule has 0 aliphatic rings. The molecule has 1 amide bonds. The predicted molar refractivity (Wildman–Crippen MR) is 75.2 cm³/mol. The van der Waals surface area contributed by atoms with Crippen LogP contribution in [0.1, 0.15) is 21.5 Å². The Balaban J connectivity index is 1.95. The summed E-state index contributed by atoms with van der Waals surface area (Å²) in [6, 6.07) is 7.99. The van der Waals surface area contributed by atoms with Gasteiger partial charge in [0.1, 0.15) is 17.4 Å². The zero-order chi connectivity index (χ0) is 15.4. The molecule has 0 aromatic heterocycles. The number of halogens is 2. The van der Waals surface area contributed by atoms with Crippen molar-refractivity contribution >= 4 is 5.91 Å². The summed E-state index contributed by atoms with van der Waals surface area (Å²) in [6.07, 6.45) is 0.299. The Bertz CT molecular complexity index is 651. The number of carbonyl (C=O) groups is 1. The van der Waals surface area contributed by atoms with E-state index in [0.717, 1.165) is 11.6 Å². The third-order valence-corrected chi connectivity index (χ3v) is 3.02. The number of aromatic hydroxyl groups is 1. The Labute approximate surface area is 121 Å². The average molecular weight is 291 g/mol. The third-order valence-electron chi connectivity index (χ3n) is 3.02. The fourth-order valence-corrected chi connectivity index (χ4v) is 2.00. The number of aryl methyl sites for hydroxylation is 1. The van der Waals surface area contributed by atoms with Crippen molar-refractivity contribution in [3.63, 3.8) is 0 Å². The topological polar surface area (TPSA) is 49.3 Å². The summed E-state index contributed by atoms with van der Waals surface area (Å²) in [5, 5.41) is 12.3. The summed E-state index contributed by atoms with van der Waals surface area (Å²) in [5.74, 6) is -1.81. The second-order valence-electron chi connectivity index (χ2n) is 4.80. The van der Waals surface area contributed by atoms with Crippen LogP contribution in [0.4, 0.5) is 8.78 Å². The van der Waals surface area contributed by atoms with Gasteiger partial charge >= 0.3 is 0 Å². The summed E-state index contributed by atoms with van der Waals surface area (Å²) in [7, 11) is 0. The van der Waals surface area contributed by atoms with Crippen molar-refractivity contribution in [1.29, 1.82) is 0 Å². The molecule has 0 atom stereocenters. The lowest BCUT2D eigenvalue weighted by Gasteiger charge is -2.08. The SMILES string of the molecule is Cc1ccc(C(=O)NCCc2cc(F)cc(F)c2)c(O)c1. The molecule has 2 rings (SSSR count). The zero-order valence-electron chi connectivity index (χ0n) is 11.5. The first-order valence-corrected chi connectivity index (χ1v) is 6.48. The van der Waals surface area contributed by atoms with Crippen molar-refractivity contribution in [2.24, 2.45) is 0 Å². The van der Waals surface area contributed by atoms with Crippen molar-refractivity contribution in [2.45, 2.75) is 13.3 Å². The van der Waals surface area contributed by atoms with Gasteiger partial charge in [-0.2, -0.15) is 0 Å². The molecular weight excluding hydrogens is 276 g/mol. The highest BCUT2D eigenvalue weighted by molar-refractivity contribution is 5.96. The van der Waals surface area contributed by atoms with Crippen LogP contribution in [-0.2, 0) is 6.42 Å². The highest BCUT2D eigenvalue weighted by atomic mass is 19.1. The molecule has 2 aromatic carbocycles. The summed E-state index contributed by atoms with van der Waals surface area (Å²) in [6.45, 7) is 2.02. The molecule has 110 valence electrons. The number of phenols is 1. The van der Waals surface area contributed by atoms with Gasteiger partial charge in [-0.15, -0.1) is 0 Å². The first-order valence-electron chi connectivity index (χ1n) is 6.48. The molecule has 0 heterocycles. The standard InChI is InChI=1S/C16H15F2NO2/c1-10-2-3-14(15(20)6-10)16(21)19-5-4-11-7-12(17)9-13(18)8-11/h2-3,6-9,20H,4-5H2,1H3,(H,19,21). The number of hydrogen-bond acceptors (Lipinski definition) is 2. The summed E-state index contributed by atoms with van der Waals surface area (Å²) < 4.78 is 26.0. The Kier molecular flexibility index (Phi) is 4.52. The first-order chi connectivity index (χ1) is 9.95. The van der Waals surface area contributed by atoms with Gasteiger partial charge in [0.2, 0.25) is 0 Å². The Morgan fingerprint density at radius 2 is 1.81 bits per heavy atom. The Morgan fingerprint density at radius 3 is 2.43 bits per heavy atom. The van der Waals surface area contributed by atoms with Gasteiger partial charge in [-0.1, -0.05) is 6.07 Å². The summed E-state index contributed by atoms with van der Waals surface area (Å²) in [4.78, 5) is 11.9. The lowest BCUT2D eigenvalue weighted by molar-refractivity contribution is 0.0951. The number of rotatable bonds is 4. The molecule has 0 saturated heterocycles. The molecular formula is C16H15F2NO2. The van der Waals surface area contributed by atoms with Gasteiger partial charge in [0.15, 0.2) is 0 Å². The number of benzene rings is 2. The van der Waals surface area contributed by atoms with Crippen LogP contribution in [0.2, 0.25) is 0 Å². The van der Waals surface area contributed by atoms with Crippen LogP contribution in [0.5, 0.6) is 5.75 Å². The number of amides is 1. The van der Waals surface area contributed by atoms with Crippen LogP contribution in [0.3, 0.4) is 0 Å². The van der Waals surface area contributed by atoms with E-state index in [2.05, 4.69) is 5.32 Å². The van der Waals surface area contributed by atoms with E-state index in [1.54, 1.807) is 13.0 Å². The lowest BCUT2D eigenvalue weighted by Crippen LogP contribution is -2.25. The molecule has 0 unspecified atom stereocenters. The molecule has 0 saturated carbocycles. The van der Waals surface area contributed by atoms with Gasteiger partial charge in [-0.25, -0.2) is 8.78 Å². The number of nitrogens with one attached hydrogen (secondary N) is 1. The van der Waals surface area contributed by atoms with Gasteiger partial charge in [0, 0.05) is 12.6 Å². The minimum Gasteiger partial charge on any atom is -0.507 e. The maximum atomic E-state index is 13.0. The molecule has 0 aliphatic carbocycles. The highest BCUT2D eigenvalue weighted by Crippen LogP contribution is 2.18. The van der Waals surface area contributed by atoms with Gasteiger partial charge in [-0.05, 0) is 48.7 Å². The normalized spacial score (nSPS) is 10.4. The molecule has 0 bridgehead atoms. The second kappa shape index (κ2) is 6.35. The van der Waals surface area contributed by atoms with Crippen molar-refractivity contribution in [3.05, 3.63) is 64.7 Å². The van der Waals surface area contributed by atoms with E-state index in [1.807, 2.05) is 0 Å². The van der Waals surface area contributed by atoms with E-state index in [-0.39, 0.29) is 17.9 Å². The van der Waals surface area contributed by atoms with Crippen LogP contribution in [0, 0.1) is 18.6 Å². The van der Waals surface area contributed by atoms with Crippen molar-refractivity contribution in [2.75, 3.05) is 6.54 Å². The predicted octanol–water partition coefficient (Wildman–Crippen LogP) is 2.95. The van der Waals surface area contributed by atoms with Gasteiger partial charge in [0.25, 0.3) is 5.91 Å². The fraction of sp³-hybridized carbons (Fsp3) is 0.188. The van der Waals surface area contributed by atoms with Crippen molar-refractivity contribution in [3.8, 4) is 5.75 Å². The smallest absolute Gasteiger partial charge is 0.255 e. The van der Waals surface area contributed by atoms with E-state index >= 15 is 0 Å². The van der Waals surface area contributed by atoms with Gasteiger partial charge < -0.3 is 10.4 Å². The van der Waals surface area contributed by atoms with E-state index < -0.39 is 17.5 Å². The molecule has 21 heavy (non-hydrogen) atoms.